The topological polar surface area (TPSA) is 170 Å². The Morgan fingerprint density at radius 3 is 2.73 bits per heavy atom. The number of aromatic amines is 1. The van der Waals surface area contributed by atoms with Gasteiger partial charge >= 0.3 is 6.61 Å². The molecule has 2 amide bonds. The zero-order valence-corrected chi connectivity index (χ0v) is 19.3. The number of amidine groups is 1. The van der Waals surface area contributed by atoms with E-state index >= 15 is 0 Å². The van der Waals surface area contributed by atoms with E-state index in [1.165, 1.54) is 18.2 Å². The van der Waals surface area contributed by atoms with Gasteiger partial charge in [0.05, 0.1) is 30.8 Å². The van der Waals surface area contributed by atoms with Gasteiger partial charge in [0, 0.05) is 35.3 Å². The summed E-state index contributed by atoms with van der Waals surface area (Å²) in [7, 11) is 0. The molecule has 0 saturated heterocycles. The number of alkyl halides is 2. The molecule has 13 heteroatoms. The standard InChI is InChI=1S/C24H23F2N5O6/c25-24(26)37-19-9-16-12(1-4-20(34)30-16)8-17(19)31(5-6-32)21(35)10-18(33)23(36)29-14-2-3-15-13(7-14)11-28-22(15)27/h1-4,7-9,18,24,32-33H,5-6,10-11H2,(H2,27,28)(H,29,36)(H,30,34). The molecule has 0 bridgehead atoms. The zero-order chi connectivity index (χ0) is 26.7. The number of nitrogens with two attached hydrogens (primary N) is 1. The summed E-state index contributed by atoms with van der Waals surface area (Å²) in [4.78, 5) is 44.7. The number of hydrogen-bond donors (Lipinski definition) is 5. The summed E-state index contributed by atoms with van der Waals surface area (Å²) in [5.74, 6) is -1.76. The molecule has 194 valence electrons. The largest absolute Gasteiger partial charge is 0.433 e. The van der Waals surface area contributed by atoms with Crippen LogP contribution >= 0.6 is 0 Å². The van der Waals surface area contributed by atoms with Crippen LogP contribution in [-0.2, 0) is 16.1 Å². The number of nitrogens with zero attached hydrogens (tertiary/aromatic N) is 2. The molecule has 11 nitrogen and oxygen atoms in total. The number of H-pyrrole nitrogens is 1. The van der Waals surface area contributed by atoms with E-state index in [2.05, 4.69) is 20.0 Å². The highest BCUT2D eigenvalue weighted by Gasteiger charge is 2.27. The van der Waals surface area contributed by atoms with Crippen LogP contribution in [0.5, 0.6) is 5.75 Å². The van der Waals surface area contributed by atoms with E-state index in [1.54, 1.807) is 18.2 Å². The maximum absolute atomic E-state index is 13.1. The first-order chi connectivity index (χ1) is 17.7. The SMILES string of the molecule is NC1=NCc2cc(NC(=O)C(O)CC(=O)N(CCO)c3cc4ccc(=O)[nH]c4cc3OC(F)F)ccc21. The Balaban J connectivity index is 1.54. The summed E-state index contributed by atoms with van der Waals surface area (Å²) in [6.45, 7) is -3.78. The lowest BCUT2D eigenvalue weighted by atomic mass is 10.1. The smallest absolute Gasteiger partial charge is 0.387 e. The third kappa shape index (κ3) is 5.73. The van der Waals surface area contributed by atoms with Crippen LogP contribution in [0.1, 0.15) is 17.5 Å². The lowest BCUT2D eigenvalue weighted by Gasteiger charge is -2.25. The molecule has 3 aromatic rings. The van der Waals surface area contributed by atoms with Gasteiger partial charge in [0.1, 0.15) is 11.9 Å². The molecule has 2 heterocycles. The molecule has 0 saturated carbocycles. The third-order valence-corrected chi connectivity index (χ3v) is 5.67. The van der Waals surface area contributed by atoms with Gasteiger partial charge in [0.25, 0.3) is 5.91 Å². The number of benzene rings is 2. The molecule has 1 aliphatic heterocycles. The lowest BCUT2D eigenvalue weighted by molar-refractivity contribution is -0.130. The maximum atomic E-state index is 13.1. The Morgan fingerprint density at radius 1 is 1.22 bits per heavy atom. The van der Waals surface area contributed by atoms with Gasteiger partial charge < -0.3 is 35.9 Å². The Morgan fingerprint density at radius 2 is 2.00 bits per heavy atom. The Hall–Kier alpha value is -4.36. The van der Waals surface area contributed by atoms with Crippen molar-refractivity contribution in [2.24, 2.45) is 10.7 Å². The fourth-order valence-corrected chi connectivity index (χ4v) is 3.95. The molecule has 0 aliphatic carbocycles. The van der Waals surface area contributed by atoms with Crippen LogP contribution in [0, 0.1) is 0 Å². The van der Waals surface area contributed by atoms with Gasteiger partial charge in [-0.2, -0.15) is 8.78 Å². The molecule has 1 aromatic heterocycles. The molecule has 0 radical (unpaired) electrons. The number of aliphatic hydroxyl groups is 2. The quantitative estimate of drug-likeness (QED) is 0.284. The van der Waals surface area contributed by atoms with Crippen molar-refractivity contribution in [3.8, 4) is 5.75 Å². The number of pyridine rings is 1. The lowest BCUT2D eigenvalue weighted by Crippen LogP contribution is -2.39. The molecule has 2 aromatic carbocycles. The number of hydrogen-bond acceptors (Lipinski definition) is 8. The van der Waals surface area contributed by atoms with E-state index in [9.17, 15) is 33.4 Å². The molecule has 37 heavy (non-hydrogen) atoms. The van der Waals surface area contributed by atoms with Crippen molar-refractivity contribution < 1.29 is 33.3 Å². The number of fused-ring (bicyclic) bond motifs is 2. The van der Waals surface area contributed by atoms with Crippen molar-refractivity contribution in [1.82, 2.24) is 4.98 Å². The van der Waals surface area contributed by atoms with E-state index in [-0.39, 0.29) is 17.7 Å². The molecule has 6 N–H and O–H groups in total. The molecule has 0 fully saturated rings. The first kappa shape index (κ1) is 25.7. The maximum Gasteiger partial charge on any atom is 0.387 e. The number of aromatic nitrogens is 1. The molecule has 1 atom stereocenters. The number of amides is 2. The summed E-state index contributed by atoms with van der Waals surface area (Å²) < 4.78 is 30.8. The van der Waals surface area contributed by atoms with Crippen LogP contribution in [0.3, 0.4) is 0 Å². The number of halogens is 2. The molecular weight excluding hydrogens is 492 g/mol. The average molecular weight is 515 g/mol. The second kappa shape index (κ2) is 10.7. The van der Waals surface area contributed by atoms with Gasteiger partial charge in [-0.25, -0.2) is 0 Å². The van der Waals surface area contributed by atoms with Crippen LogP contribution in [-0.4, -0.2) is 58.7 Å². The summed E-state index contributed by atoms with van der Waals surface area (Å²) >= 11 is 0. The minimum absolute atomic E-state index is 0.136. The van der Waals surface area contributed by atoms with Crippen LogP contribution in [0.2, 0.25) is 0 Å². The number of carbonyl (C=O) groups is 2. The minimum atomic E-state index is -3.25. The van der Waals surface area contributed by atoms with E-state index in [0.29, 0.717) is 23.5 Å². The van der Waals surface area contributed by atoms with Crippen molar-refractivity contribution >= 4 is 39.9 Å². The number of aliphatic hydroxyl groups excluding tert-OH is 2. The van der Waals surface area contributed by atoms with Crippen LogP contribution in [0.4, 0.5) is 20.2 Å². The Bertz CT molecular complexity index is 1440. The van der Waals surface area contributed by atoms with Gasteiger partial charge in [0.15, 0.2) is 5.75 Å². The fraction of sp³-hybridized carbons (Fsp3) is 0.250. The fourth-order valence-electron chi connectivity index (χ4n) is 3.95. The highest BCUT2D eigenvalue weighted by molar-refractivity contribution is 6.04. The molecular formula is C24H23F2N5O6. The number of aliphatic imine (C=N–C) groups is 1. The highest BCUT2D eigenvalue weighted by atomic mass is 19.3. The van der Waals surface area contributed by atoms with Gasteiger partial charge in [-0.1, -0.05) is 0 Å². The minimum Gasteiger partial charge on any atom is -0.433 e. The van der Waals surface area contributed by atoms with Crippen molar-refractivity contribution in [2.45, 2.75) is 25.7 Å². The average Bonchev–Trinajstić information content (AvgIpc) is 3.21. The van der Waals surface area contributed by atoms with E-state index < -0.39 is 48.9 Å². The molecule has 4 rings (SSSR count). The predicted octanol–water partition coefficient (Wildman–Crippen LogP) is 1.06. The number of anilines is 2. The van der Waals surface area contributed by atoms with Crippen molar-refractivity contribution in [3.05, 3.63) is 63.9 Å². The van der Waals surface area contributed by atoms with Gasteiger partial charge in [0.2, 0.25) is 11.5 Å². The third-order valence-electron chi connectivity index (χ3n) is 5.67. The molecule has 0 spiro atoms. The van der Waals surface area contributed by atoms with Gasteiger partial charge in [-0.3, -0.25) is 19.4 Å². The van der Waals surface area contributed by atoms with Crippen molar-refractivity contribution in [3.63, 3.8) is 0 Å². The van der Waals surface area contributed by atoms with Gasteiger partial charge in [-0.05, 0) is 35.9 Å². The summed E-state index contributed by atoms with van der Waals surface area (Å²) in [6.07, 6.45) is -2.51. The second-order valence-electron chi connectivity index (χ2n) is 8.16. The van der Waals surface area contributed by atoms with Crippen molar-refractivity contribution in [1.29, 1.82) is 0 Å². The normalized spacial score (nSPS) is 13.3. The number of carbonyl (C=O) groups excluding carboxylic acids is 2. The summed E-state index contributed by atoms with van der Waals surface area (Å²) in [5, 5.41) is 22.8. The number of nitrogens with one attached hydrogen (secondary N) is 2. The second-order valence-corrected chi connectivity index (χ2v) is 8.16. The number of ether oxygens (including phenoxy) is 1. The van der Waals surface area contributed by atoms with Gasteiger partial charge in [-0.15, -0.1) is 0 Å². The number of rotatable bonds is 9. The zero-order valence-electron chi connectivity index (χ0n) is 19.3. The van der Waals surface area contributed by atoms with E-state index in [1.807, 2.05) is 0 Å². The van der Waals surface area contributed by atoms with Crippen LogP contribution in [0.15, 0.2) is 52.3 Å². The van der Waals surface area contributed by atoms with Crippen molar-refractivity contribution in [2.75, 3.05) is 23.4 Å². The first-order valence-electron chi connectivity index (χ1n) is 11.1. The van der Waals surface area contributed by atoms with Crippen LogP contribution < -0.4 is 26.2 Å². The Kier molecular flexibility index (Phi) is 7.45. The predicted molar refractivity (Wildman–Crippen MR) is 131 cm³/mol. The first-order valence-corrected chi connectivity index (χ1v) is 11.1. The Labute approximate surface area is 208 Å². The van der Waals surface area contributed by atoms with E-state index in [4.69, 9.17) is 5.73 Å². The monoisotopic (exact) mass is 515 g/mol. The summed E-state index contributed by atoms with van der Waals surface area (Å²) in [5.41, 5.74) is 7.25. The summed E-state index contributed by atoms with van der Waals surface area (Å²) in [6, 6.07) is 9.98. The van der Waals surface area contributed by atoms with Crippen LogP contribution in [0.25, 0.3) is 10.9 Å². The molecule has 1 aliphatic rings. The molecule has 1 unspecified atom stereocenters. The highest BCUT2D eigenvalue weighted by Crippen LogP contribution is 2.34. The van der Waals surface area contributed by atoms with E-state index in [0.717, 1.165) is 22.1 Å².